The molecule has 2 atom stereocenters. The van der Waals surface area contributed by atoms with Gasteiger partial charge in [-0.2, -0.15) is 15.1 Å². The molecule has 4 heterocycles. The first-order chi connectivity index (χ1) is 21.6. The third-order valence-corrected chi connectivity index (χ3v) is 9.40. The van der Waals surface area contributed by atoms with Crippen LogP contribution in [0.1, 0.15) is 25.0 Å². The van der Waals surface area contributed by atoms with Crippen molar-refractivity contribution in [3.05, 3.63) is 54.0 Å². The average molecular weight is 615 g/mol. The summed E-state index contributed by atoms with van der Waals surface area (Å²) in [6.07, 6.45) is 3.16. The highest BCUT2D eigenvalue weighted by Gasteiger charge is 2.34. The molecule has 0 unspecified atom stereocenters. The summed E-state index contributed by atoms with van der Waals surface area (Å²) < 4.78 is 25.0. The highest BCUT2D eigenvalue weighted by molar-refractivity contribution is 6.01. The molecule has 1 amide bonds. The van der Waals surface area contributed by atoms with Crippen molar-refractivity contribution >= 4 is 33.5 Å². The third-order valence-electron chi connectivity index (χ3n) is 9.40. The largest absolute Gasteiger partial charge is 0.462 e. The Balaban J connectivity index is 1.45. The Morgan fingerprint density at radius 2 is 1.80 bits per heavy atom. The number of amides is 1. The van der Waals surface area contributed by atoms with Gasteiger partial charge in [-0.25, -0.2) is 4.39 Å². The first-order valence-electron chi connectivity index (χ1n) is 15.7. The van der Waals surface area contributed by atoms with Gasteiger partial charge < -0.3 is 19.4 Å². The number of rotatable bonds is 7. The molecule has 0 radical (unpaired) electrons. The maximum Gasteiger partial charge on any atom is 0.319 e. The summed E-state index contributed by atoms with van der Waals surface area (Å²) in [6, 6.07) is 6.00. The normalized spacial score (nSPS) is 19.9. The second-order valence-corrected chi connectivity index (χ2v) is 12.6. The first kappa shape index (κ1) is 30.9. The fourth-order valence-electron chi connectivity index (χ4n) is 6.77. The van der Waals surface area contributed by atoms with Crippen molar-refractivity contribution in [2.24, 2.45) is 7.05 Å². The number of fused-ring (bicyclic) bond motifs is 2. The van der Waals surface area contributed by atoms with Gasteiger partial charge in [-0.3, -0.25) is 14.4 Å². The van der Waals surface area contributed by atoms with Gasteiger partial charge in [0.05, 0.1) is 11.7 Å². The zero-order valence-corrected chi connectivity index (χ0v) is 27.2. The standard InChI is InChI=1S/C34H43FN8O2/c1-8-27(44)42-19-24(5)43(20-23(42)4)33-26-17-22(3)28(29-21(2)9-10-25-18-36-40(7)32(25)29)30(35)31(26)37-34(38-33)45-16-15-41-13-11-39(6)12-14-41/h8-10,17-18,23-24H,1,11-16,19-20H2,2-7H3/t23-,24+/m1/s1. The predicted octanol–water partition coefficient (Wildman–Crippen LogP) is 4.18. The van der Waals surface area contributed by atoms with Gasteiger partial charge in [0.25, 0.3) is 0 Å². The smallest absolute Gasteiger partial charge is 0.319 e. The summed E-state index contributed by atoms with van der Waals surface area (Å²) in [6.45, 7) is 17.8. The van der Waals surface area contributed by atoms with Crippen LogP contribution in [0.4, 0.5) is 10.2 Å². The maximum absolute atomic E-state index is 17.1. The van der Waals surface area contributed by atoms with Crippen LogP contribution >= 0.6 is 0 Å². The van der Waals surface area contributed by atoms with E-state index in [-0.39, 0.29) is 29.5 Å². The molecule has 6 rings (SSSR count). The summed E-state index contributed by atoms with van der Waals surface area (Å²) >= 11 is 0. The monoisotopic (exact) mass is 614 g/mol. The van der Waals surface area contributed by atoms with E-state index in [1.165, 1.54) is 6.08 Å². The van der Waals surface area contributed by atoms with Crippen LogP contribution in [0.5, 0.6) is 6.01 Å². The highest BCUT2D eigenvalue weighted by Crippen LogP contribution is 2.41. The number of carbonyl (C=O) groups excluding carboxylic acids is 1. The van der Waals surface area contributed by atoms with Gasteiger partial charge in [0.1, 0.15) is 17.9 Å². The lowest BCUT2D eigenvalue weighted by Gasteiger charge is -2.44. The topological polar surface area (TPSA) is 82.9 Å². The number of hydrogen-bond donors (Lipinski definition) is 0. The van der Waals surface area contributed by atoms with Crippen molar-refractivity contribution in [3.63, 3.8) is 0 Å². The molecular weight excluding hydrogens is 571 g/mol. The number of nitrogens with zero attached hydrogens (tertiary/aromatic N) is 8. The maximum atomic E-state index is 17.1. The molecule has 45 heavy (non-hydrogen) atoms. The number of benzene rings is 2. The minimum absolute atomic E-state index is 0.0742. The van der Waals surface area contributed by atoms with Crippen molar-refractivity contribution in [3.8, 4) is 17.1 Å². The van der Waals surface area contributed by atoms with Gasteiger partial charge in [-0.15, -0.1) is 0 Å². The van der Waals surface area contributed by atoms with Crippen LogP contribution in [0.15, 0.2) is 37.1 Å². The number of carbonyl (C=O) groups is 1. The van der Waals surface area contributed by atoms with Crippen molar-refractivity contribution in [2.45, 2.75) is 39.8 Å². The fourth-order valence-corrected chi connectivity index (χ4v) is 6.77. The third kappa shape index (κ3) is 5.75. The van der Waals surface area contributed by atoms with E-state index in [0.717, 1.165) is 60.3 Å². The molecule has 0 N–H and O–H groups in total. The molecule has 0 saturated carbocycles. The van der Waals surface area contributed by atoms with E-state index in [1.54, 1.807) is 10.9 Å². The molecule has 0 aliphatic carbocycles. The minimum Gasteiger partial charge on any atom is -0.462 e. The van der Waals surface area contributed by atoms with Gasteiger partial charge in [0.15, 0.2) is 5.82 Å². The number of aromatic nitrogens is 4. The van der Waals surface area contributed by atoms with Crippen LogP contribution in [-0.2, 0) is 11.8 Å². The Morgan fingerprint density at radius 3 is 2.53 bits per heavy atom. The molecule has 2 fully saturated rings. The summed E-state index contributed by atoms with van der Waals surface area (Å²) in [5.74, 6) is 0.111. The van der Waals surface area contributed by atoms with Crippen LogP contribution < -0.4 is 9.64 Å². The summed E-state index contributed by atoms with van der Waals surface area (Å²) in [7, 11) is 4.01. The van der Waals surface area contributed by atoms with E-state index >= 15 is 4.39 Å². The van der Waals surface area contributed by atoms with Crippen LogP contribution in [0.3, 0.4) is 0 Å². The molecule has 2 saturated heterocycles. The Morgan fingerprint density at radius 1 is 1.04 bits per heavy atom. The number of ether oxygens (including phenoxy) is 1. The van der Waals surface area contributed by atoms with Gasteiger partial charge in [-0.05, 0) is 58.0 Å². The van der Waals surface area contributed by atoms with Crippen molar-refractivity contribution in [1.82, 2.24) is 34.4 Å². The van der Waals surface area contributed by atoms with Crippen molar-refractivity contribution in [1.29, 1.82) is 0 Å². The number of likely N-dealkylation sites (N-methyl/N-ethyl adjacent to an activating group) is 1. The van der Waals surface area contributed by atoms with E-state index in [2.05, 4.69) is 40.3 Å². The first-order valence-corrected chi connectivity index (χ1v) is 15.7. The second kappa shape index (κ2) is 12.4. The van der Waals surface area contributed by atoms with E-state index in [1.807, 2.05) is 50.9 Å². The number of piperazine rings is 2. The number of hydrogen-bond acceptors (Lipinski definition) is 8. The second-order valence-electron chi connectivity index (χ2n) is 12.6. The Labute approximate surface area is 264 Å². The molecule has 10 nitrogen and oxygen atoms in total. The number of anilines is 1. The Kier molecular flexibility index (Phi) is 8.49. The lowest BCUT2D eigenvalue weighted by Crippen LogP contribution is -2.58. The van der Waals surface area contributed by atoms with Crippen LogP contribution in [0.2, 0.25) is 0 Å². The predicted molar refractivity (Wildman–Crippen MR) is 176 cm³/mol. The van der Waals surface area contributed by atoms with Gasteiger partial charge in [0, 0.05) is 86.8 Å². The molecule has 4 aromatic rings. The quantitative estimate of drug-likeness (QED) is 0.287. The SMILES string of the molecule is C=CC(=O)N1C[C@H](C)N(c2nc(OCCN3CCN(C)CC3)nc3c(F)c(-c4c(C)ccc5cnn(C)c45)c(C)cc23)C[C@H]1C. The highest BCUT2D eigenvalue weighted by atomic mass is 19.1. The lowest BCUT2D eigenvalue weighted by molar-refractivity contribution is -0.128. The number of halogens is 1. The lowest BCUT2D eigenvalue weighted by atomic mass is 9.92. The van der Waals surface area contributed by atoms with Crippen LogP contribution in [0.25, 0.3) is 32.9 Å². The van der Waals surface area contributed by atoms with Gasteiger partial charge >= 0.3 is 6.01 Å². The van der Waals surface area contributed by atoms with Crippen LogP contribution in [-0.4, -0.2) is 112 Å². The molecule has 238 valence electrons. The van der Waals surface area contributed by atoms with Crippen LogP contribution in [0, 0.1) is 19.7 Å². The molecule has 2 aliphatic rings. The van der Waals surface area contributed by atoms with E-state index in [0.29, 0.717) is 36.5 Å². The molecule has 2 aromatic carbocycles. The molecule has 2 aliphatic heterocycles. The van der Waals surface area contributed by atoms with Gasteiger partial charge in [0.2, 0.25) is 5.91 Å². The Hall–Kier alpha value is -4.09. The zero-order chi connectivity index (χ0) is 32.0. The zero-order valence-electron chi connectivity index (χ0n) is 27.2. The van der Waals surface area contributed by atoms with Crippen molar-refractivity contribution < 1.29 is 13.9 Å². The molecule has 11 heteroatoms. The van der Waals surface area contributed by atoms with E-state index in [9.17, 15) is 4.79 Å². The average Bonchev–Trinajstić information content (AvgIpc) is 3.40. The van der Waals surface area contributed by atoms with E-state index < -0.39 is 5.82 Å². The fraction of sp³-hybridized carbons (Fsp3) is 0.471. The molecular formula is C34H43FN8O2. The van der Waals surface area contributed by atoms with Crippen molar-refractivity contribution in [2.75, 3.05) is 64.4 Å². The molecule has 0 spiro atoms. The minimum atomic E-state index is -0.407. The molecule has 2 aromatic heterocycles. The summed E-state index contributed by atoms with van der Waals surface area (Å²) in [5.41, 5.74) is 4.14. The number of aryl methyl sites for hydroxylation is 3. The summed E-state index contributed by atoms with van der Waals surface area (Å²) in [4.78, 5) is 30.8. The van der Waals surface area contributed by atoms with E-state index in [4.69, 9.17) is 14.7 Å². The van der Waals surface area contributed by atoms with Gasteiger partial charge in [-0.1, -0.05) is 18.7 Å². The Bertz CT molecular complexity index is 1760. The molecule has 0 bridgehead atoms. The summed E-state index contributed by atoms with van der Waals surface area (Å²) in [5, 5.41) is 6.02.